The van der Waals surface area contributed by atoms with Crippen molar-refractivity contribution in [3.8, 4) is 11.8 Å². The van der Waals surface area contributed by atoms with E-state index in [1.165, 1.54) is 0 Å². The molecule has 14 heavy (non-hydrogen) atoms. The normalized spacial score (nSPS) is 9.36. The van der Waals surface area contributed by atoms with E-state index in [9.17, 15) is 0 Å². The minimum absolute atomic E-state index is 0.631. The Labute approximate surface area is 86.7 Å². The zero-order valence-electron chi connectivity index (χ0n) is 8.88. The maximum Gasteiger partial charge on any atom is 0.0245 e. The van der Waals surface area contributed by atoms with Gasteiger partial charge in [-0.1, -0.05) is 62.6 Å². The first kappa shape index (κ1) is 10.6. The van der Waals surface area contributed by atoms with Crippen molar-refractivity contribution < 1.29 is 0 Å². The molecule has 0 fully saturated rings. The third-order valence-electron chi connectivity index (χ3n) is 1.87. The Bertz CT molecular complexity index is 347. The Kier molecular flexibility index (Phi) is 4.01. The first-order valence-electron chi connectivity index (χ1n) is 4.93. The number of hydrogen-bond donors (Lipinski definition) is 0. The molecule has 0 nitrogen and oxygen atoms in total. The zero-order chi connectivity index (χ0) is 10.4. The van der Waals surface area contributed by atoms with Crippen molar-refractivity contribution in [1.29, 1.82) is 0 Å². The monoisotopic (exact) mass is 184 g/mol. The molecule has 0 radical (unpaired) electrons. The van der Waals surface area contributed by atoms with Gasteiger partial charge in [-0.3, -0.25) is 0 Å². The topological polar surface area (TPSA) is 0 Å². The predicted molar refractivity (Wildman–Crippen MR) is 62.7 cm³/mol. The SMILES string of the molecule is C=C(C#CCC(C)C)c1ccccc1. The van der Waals surface area contributed by atoms with Gasteiger partial charge in [-0.2, -0.15) is 0 Å². The third kappa shape index (κ3) is 3.49. The Morgan fingerprint density at radius 3 is 2.50 bits per heavy atom. The van der Waals surface area contributed by atoms with Gasteiger partial charge in [0.1, 0.15) is 0 Å². The van der Waals surface area contributed by atoms with Gasteiger partial charge < -0.3 is 0 Å². The highest BCUT2D eigenvalue weighted by molar-refractivity contribution is 5.76. The maximum atomic E-state index is 3.95. The summed E-state index contributed by atoms with van der Waals surface area (Å²) in [6.45, 7) is 8.28. The summed E-state index contributed by atoms with van der Waals surface area (Å²) >= 11 is 0. The highest BCUT2D eigenvalue weighted by Crippen LogP contribution is 2.10. The Morgan fingerprint density at radius 1 is 1.29 bits per heavy atom. The van der Waals surface area contributed by atoms with E-state index in [4.69, 9.17) is 0 Å². The van der Waals surface area contributed by atoms with Gasteiger partial charge in [0.15, 0.2) is 0 Å². The molecule has 0 spiro atoms. The lowest BCUT2D eigenvalue weighted by Gasteiger charge is -1.97. The smallest absolute Gasteiger partial charge is 0.0245 e. The van der Waals surface area contributed by atoms with Gasteiger partial charge in [0, 0.05) is 12.0 Å². The molecule has 0 heteroatoms. The second kappa shape index (κ2) is 5.29. The van der Waals surface area contributed by atoms with Crippen LogP contribution in [0.1, 0.15) is 25.8 Å². The minimum Gasteiger partial charge on any atom is -0.0976 e. The fourth-order valence-corrected chi connectivity index (χ4v) is 1.07. The molecule has 0 saturated heterocycles. The van der Waals surface area contributed by atoms with E-state index in [1.807, 2.05) is 30.3 Å². The second-order valence-electron chi connectivity index (χ2n) is 3.74. The molecule has 0 saturated carbocycles. The lowest BCUT2D eigenvalue weighted by atomic mass is 10.1. The molecule has 0 unspecified atom stereocenters. The van der Waals surface area contributed by atoms with Crippen LogP contribution in [0.4, 0.5) is 0 Å². The van der Waals surface area contributed by atoms with Crippen molar-refractivity contribution in [2.24, 2.45) is 5.92 Å². The number of allylic oxidation sites excluding steroid dienone is 1. The van der Waals surface area contributed by atoms with Crippen LogP contribution in [0.15, 0.2) is 36.9 Å². The van der Waals surface area contributed by atoms with Crippen molar-refractivity contribution in [3.05, 3.63) is 42.5 Å². The van der Waals surface area contributed by atoms with Gasteiger partial charge in [0.05, 0.1) is 0 Å². The molecule has 0 N–H and O–H groups in total. The molecule has 0 heterocycles. The van der Waals surface area contributed by atoms with Gasteiger partial charge in [-0.15, -0.1) is 0 Å². The Hall–Kier alpha value is -1.48. The summed E-state index contributed by atoms with van der Waals surface area (Å²) in [5.74, 6) is 6.85. The van der Waals surface area contributed by atoms with Crippen LogP contribution in [-0.2, 0) is 0 Å². The lowest BCUT2D eigenvalue weighted by Crippen LogP contribution is -1.82. The van der Waals surface area contributed by atoms with Crippen LogP contribution in [0.5, 0.6) is 0 Å². The maximum absolute atomic E-state index is 3.95. The summed E-state index contributed by atoms with van der Waals surface area (Å²) in [5, 5.41) is 0. The highest BCUT2D eigenvalue weighted by Gasteiger charge is 1.92. The number of hydrogen-bond acceptors (Lipinski definition) is 0. The van der Waals surface area contributed by atoms with Crippen LogP contribution in [0, 0.1) is 17.8 Å². The summed E-state index contributed by atoms with van der Waals surface area (Å²) in [4.78, 5) is 0. The fourth-order valence-electron chi connectivity index (χ4n) is 1.07. The number of rotatable bonds is 2. The van der Waals surface area contributed by atoms with E-state index < -0.39 is 0 Å². The number of benzene rings is 1. The molecular weight excluding hydrogens is 168 g/mol. The van der Waals surface area contributed by atoms with Crippen molar-refractivity contribution >= 4 is 5.57 Å². The average molecular weight is 184 g/mol. The van der Waals surface area contributed by atoms with E-state index in [0.717, 1.165) is 17.6 Å². The first-order valence-corrected chi connectivity index (χ1v) is 4.93. The minimum atomic E-state index is 0.631. The molecule has 1 aromatic carbocycles. The molecule has 0 aliphatic rings. The summed E-state index contributed by atoms with van der Waals surface area (Å²) < 4.78 is 0. The average Bonchev–Trinajstić information content (AvgIpc) is 2.18. The van der Waals surface area contributed by atoms with E-state index in [1.54, 1.807) is 0 Å². The van der Waals surface area contributed by atoms with Crippen LogP contribution in [0.2, 0.25) is 0 Å². The zero-order valence-corrected chi connectivity index (χ0v) is 8.88. The van der Waals surface area contributed by atoms with Gasteiger partial charge in [0.2, 0.25) is 0 Å². The predicted octanol–water partition coefficient (Wildman–Crippen LogP) is 3.75. The molecule has 0 amide bonds. The quantitative estimate of drug-likeness (QED) is 0.614. The molecule has 0 aromatic heterocycles. The van der Waals surface area contributed by atoms with Crippen LogP contribution in [-0.4, -0.2) is 0 Å². The summed E-state index contributed by atoms with van der Waals surface area (Å²) in [5.41, 5.74) is 2.02. The van der Waals surface area contributed by atoms with Crippen molar-refractivity contribution in [2.45, 2.75) is 20.3 Å². The molecule has 0 atom stereocenters. The van der Waals surface area contributed by atoms with E-state index in [0.29, 0.717) is 5.92 Å². The van der Waals surface area contributed by atoms with E-state index in [-0.39, 0.29) is 0 Å². The largest absolute Gasteiger partial charge is 0.0976 e. The van der Waals surface area contributed by atoms with Crippen LogP contribution in [0.25, 0.3) is 5.57 Å². The molecule has 0 aliphatic heterocycles. The van der Waals surface area contributed by atoms with E-state index in [2.05, 4.69) is 32.3 Å². The molecule has 0 aliphatic carbocycles. The summed E-state index contributed by atoms with van der Waals surface area (Å²) in [7, 11) is 0. The van der Waals surface area contributed by atoms with E-state index >= 15 is 0 Å². The molecule has 1 rings (SSSR count). The highest BCUT2D eigenvalue weighted by atomic mass is 14.0. The molecule has 1 aromatic rings. The van der Waals surface area contributed by atoms with Crippen molar-refractivity contribution in [2.75, 3.05) is 0 Å². The van der Waals surface area contributed by atoms with Gasteiger partial charge in [-0.05, 0) is 11.5 Å². The van der Waals surface area contributed by atoms with Crippen molar-refractivity contribution in [1.82, 2.24) is 0 Å². The second-order valence-corrected chi connectivity index (χ2v) is 3.74. The third-order valence-corrected chi connectivity index (χ3v) is 1.87. The van der Waals surface area contributed by atoms with Crippen LogP contribution in [0.3, 0.4) is 0 Å². The molecule has 72 valence electrons. The molecular formula is C14H16. The van der Waals surface area contributed by atoms with Gasteiger partial charge >= 0.3 is 0 Å². The lowest BCUT2D eigenvalue weighted by molar-refractivity contribution is 0.676. The van der Waals surface area contributed by atoms with Crippen LogP contribution >= 0.6 is 0 Å². The Morgan fingerprint density at radius 2 is 1.93 bits per heavy atom. The summed E-state index contributed by atoms with van der Waals surface area (Å²) in [6, 6.07) is 10.1. The molecule has 0 bridgehead atoms. The summed E-state index contributed by atoms with van der Waals surface area (Å²) in [6.07, 6.45) is 0.936. The standard InChI is InChI=1S/C14H16/c1-12(2)8-7-9-13(3)14-10-5-4-6-11-14/h4-6,10-12H,3,8H2,1-2H3. The Balaban J connectivity index is 2.62. The van der Waals surface area contributed by atoms with Gasteiger partial charge in [0.25, 0.3) is 0 Å². The first-order chi connectivity index (χ1) is 6.70. The van der Waals surface area contributed by atoms with Crippen molar-refractivity contribution in [3.63, 3.8) is 0 Å². The fraction of sp³-hybridized carbons (Fsp3) is 0.286. The van der Waals surface area contributed by atoms with Crippen LogP contribution < -0.4 is 0 Å². The van der Waals surface area contributed by atoms with Gasteiger partial charge in [-0.25, -0.2) is 0 Å².